The lowest BCUT2D eigenvalue weighted by Gasteiger charge is -2.09. The van der Waals surface area contributed by atoms with Crippen molar-refractivity contribution < 1.29 is 0 Å². The highest BCUT2D eigenvalue weighted by Crippen LogP contribution is 2.11. The van der Waals surface area contributed by atoms with E-state index < -0.39 is 0 Å². The van der Waals surface area contributed by atoms with Crippen molar-refractivity contribution in [1.29, 1.82) is 0 Å². The van der Waals surface area contributed by atoms with Crippen LogP contribution in [0.3, 0.4) is 0 Å². The largest absolute Gasteiger partial charge is 0.384 e. The monoisotopic (exact) mass is 847 g/mol. The van der Waals surface area contributed by atoms with E-state index in [0.29, 0.717) is 21.9 Å². The van der Waals surface area contributed by atoms with Gasteiger partial charge in [-0.1, -0.05) is 57.0 Å². The molecule has 9 nitrogen and oxygen atoms in total. The highest BCUT2D eigenvalue weighted by atomic mass is 79.9. The number of pyridine rings is 3. The molecule has 4 aromatic heterocycles. The van der Waals surface area contributed by atoms with E-state index >= 15 is 0 Å². The van der Waals surface area contributed by atoms with Gasteiger partial charge in [0.2, 0.25) is 0 Å². The van der Waals surface area contributed by atoms with Crippen molar-refractivity contribution in [1.82, 2.24) is 29.8 Å². The molecule has 5 N–H and O–H groups in total. The van der Waals surface area contributed by atoms with Crippen LogP contribution >= 0.6 is 72.2 Å². The minimum absolute atomic E-state index is 0.544. The van der Waals surface area contributed by atoms with E-state index in [1.165, 1.54) is 18.4 Å². The molecule has 0 atom stereocenters. The van der Waals surface area contributed by atoms with Gasteiger partial charge in [0, 0.05) is 50.9 Å². The van der Waals surface area contributed by atoms with E-state index in [4.69, 9.17) is 30.2 Å². The molecule has 4 heterocycles. The van der Waals surface area contributed by atoms with Gasteiger partial charge in [-0.25, -0.2) is 19.9 Å². The number of halogens is 3. The summed E-state index contributed by atoms with van der Waals surface area (Å²) in [4.78, 5) is 16.1. The zero-order valence-electron chi connectivity index (χ0n) is 25.4. The molecule has 5 rings (SSSR count). The van der Waals surface area contributed by atoms with E-state index in [9.17, 15) is 0 Å². The van der Waals surface area contributed by atoms with Crippen LogP contribution in [-0.4, -0.2) is 41.3 Å². The molecule has 0 unspecified atom stereocenters. The Morgan fingerprint density at radius 3 is 1.78 bits per heavy atom. The van der Waals surface area contributed by atoms with Gasteiger partial charge in [-0.05, 0) is 121 Å². The summed E-state index contributed by atoms with van der Waals surface area (Å²) in [6.45, 7) is 5.16. The summed E-state index contributed by atoms with van der Waals surface area (Å²) in [6.07, 6.45) is 13.8. The van der Waals surface area contributed by atoms with Crippen LogP contribution in [0.25, 0.3) is 0 Å². The number of nitrogen functional groups attached to an aromatic ring is 1. The number of nitrogens with one attached hydrogen (secondary N) is 3. The number of unbranched alkanes of at least 4 members (excludes halogenated alkanes) is 1. The summed E-state index contributed by atoms with van der Waals surface area (Å²) in [7, 11) is 0. The van der Waals surface area contributed by atoms with E-state index in [2.05, 4.69) is 110 Å². The fourth-order valence-electron chi connectivity index (χ4n) is 2.97. The number of rotatable bonds is 6. The minimum atomic E-state index is 0.544. The Balaban J connectivity index is 0.000000241. The molecule has 0 amide bonds. The summed E-state index contributed by atoms with van der Waals surface area (Å²) in [5.41, 5.74) is 6.59. The number of nitrogens with zero attached hydrogens (tertiary/aromatic N) is 5. The van der Waals surface area contributed by atoms with E-state index in [0.717, 1.165) is 32.2 Å². The van der Waals surface area contributed by atoms with Gasteiger partial charge < -0.3 is 21.7 Å². The highest BCUT2D eigenvalue weighted by molar-refractivity contribution is 9.11. The molecule has 0 spiro atoms. The number of benzene rings is 1. The molecule has 0 aliphatic carbocycles. The molecule has 14 heteroatoms. The Morgan fingerprint density at radius 2 is 1.33 bits per heavy atom. The smallest absolute Gasteiger partial charge is 0.184 e. The first kappa shape index (κ1) is 38.9. The summed E-state index contributed by atoms with van der Waals surface area (Å²) < 4.78 is 4.54. The van der Waals surface area contributed by atoms with Crippen molar-refractivity contribution in [2.45, 2.75) is 33.1 Å². The first-order valence-electron chi connectivity index (χ1n) is 14.2. The molecule has 5 aromatic rings. The Morgan fingerprint density at radius 1 is 0.761 bits per heavy atom. The zero-order chi connectivity index (χ0) is 33.6. The van der Waals surface area contributed by atoms with E-state index in [1.54, 1.807) is 47.9 Å². The maximum atomic E-state index is 5.29. The Bertz CT molecular complexity index is 1520. The molecule has 46 heavy (non-hydrogen) atoms. The molecule has 0 radical (unpaired) electrons. The summed E-state index contributed by atoms with van der Waals surface area (Å²) in [5, 5.41) is 10.3. The molecule has 1 aromatic carbocycles. The number of hydrogen-bond donors (Lipinski definition) is 4. The van der Waals surface area contributed by atoms with Crippen LogP contribution in [0.1, 0.15) is 32.3 Å². The topological polar surface area (TPSA) is 119 Å². The lowest BCUT2D eigenvalue weighted by atomic mass is 10.1. The predicted molar refractivity (Wildman–Crippen MR) is 209 cm³/mol. The molecule has 0 bridgehead atoms. The third-order valence-electron chi connectivity index (χ3n) is 5.46. The normalized spacial score (nSPS) is 9.59. The second-order valence-corrected chi connectivity index (χ2v) is 12.7. The maximum absolute atomic E-state index is 5.29. The van der Waals surface area contributed by atoms with Crippen molar-refractivity contribution in [3.05, 3.63) is 123 Å². The van der Waals surface area contributed by atoms with E-state index in [1.807, 2.05) is 48.5 Å². The summed E-state index contributed by atoms with van der Waals surface area (Å²) >= 11 is 20.2. The van der Waals surface area contributed by atoms with Crippen molar-refractivity contribution >= 4 is 99.9 Å². The molecule has 0 aliphatic rings. The van der Waals surface area contributed by atoms with Crippen molar-refractivity contribution in [3.63, 3.8) is 0 Å². The molecular weight excluding hydrogens is 814 g/mol. The second kappa shape index (κ2) is 23.1. The van der Waals surface area contributed by atoms with Gasteiger partial charge in [0.05, 0.1) is 0 Å². The summed E-state index contributed by atoms with van der Waals surface area (Å²) in [5.74, 6) is 1.99. The van der Waals surface area contributed by atoms with Crippen molar-refractivity contribution in [2.24, 2.45) is 0 Å². The Kier molecular flexibility index (Phi) is 19.5. The second-order valence-electron chi connectivity index (χ2n) is 9.14. The van der Waals surface area contributed by atoms with Crippen LogP contribution in [0.2, 0.25) is 0 Å². The average Bonchev–Trinajstić information content (AvgIpc) is 3.62. The van der Waals surface area contributed by atoms with Gasteiger partial charge in [0.15, 0.2) is 10.2 Å². The number of thiocarbonyl (C=S) groups is 2. The fourth-order valence-corrected chi connectivity index (χ4v) is 4.09. The molecule has 0 fully saturated rings. The lowest BCUT2D eigenvalue weighted by Crippen LogP contribution is -2.30. The van der Waals surface area contributed by atoms with E-state index in [-0.39, 0.29) is 0 Å². The van der Waals surface area contributed by atoms with Crippen LogP contribution in [0, 0.1) is 0 Å². The zero-order valence-corrected chi connectivity index (χ0v) is 31.8. The van der Waals surface area contributed by atoms with Crippen LogP contribution in [0.4, 0.5) is 17.5 Å². The molecular formula is C32H36Br3N9S2. The highest BCUT2D eigenvalue weighted by Gasteiger charge is 2.01. The third kappa shape index (κ3) is 17.4. The maximum Gasteiger partial charge on any atom is 0.184 e. The number of nitrogens with two attached hydrogens (primary N) is 1. The van der Waals surface area contributed by atoms with Gasteiger partial charge in [-0.2, -0.15) is 0 Å². The minimum Gasteiger partial charge on any atom is -0.384 e. The predicted octanol–water partition coefficient (Wildman–Crippen LogP) is 8.89. The molecule has 242 valence electrons. The van der Waals surface area contributed by atoms with Crippen molar-refractivity contribution in [2.75, 3.05) is 22.9 Å². The number of anilines is 3. The van der Waals surface area contributed by atoms with Crippen LogP contribution in [0.5, 0.6) is 0 Å². The van der Waals surface area contributed by atoms with Gasteiger partial charge >= 0.3 is 0 Å². The lowest BCUT2D eigenvalue weighted by molar-refractivity contribution is 0.873. The van der Waals surface area contributed by atoms with Crippen LogP contribution in [-0.2, 0) is 6.42 Å². The quantitative estimate of drug-likeness (QED) is 0.124. The van der Waals surface area contributed by atoms with Crippen LogP contribution in [0.15, 0.2) is 117 Å². The first-order valence-corrected chi connectivity index (χ1v) is 17.4. The Labute approximate surface area is 306 Å². The molecule has 0 saturated heterocycles. The van der Waals surface area contributed by atoms with Gasteiger partial charge in [-0.3, -0.25) is 4.57 Å². The summed E-state index contributed by atoms with van der Waals surface area (Å²) in [6, 6.07) is 21.4. The van der Waals surface area contributed by atoms with Crippen molar-refractivity contribution in [3.8, 4) is 0 Å². The van der Waals surface area contributed by atoms with Gasteiger partial charge in [0.25, 0.3) is 0 Å². The SMILES string of the molecule is CCCC.Nc1ccc(Br)cn1.S=C(NCCc1ccccc1)Nc1ccc(Br)cn1.S=C(Nc1ccc(Br)cn1)n1ccnc1. The Hall–Kier alpha value is -3.30. The average molecular weight is 851 g/mol. The fraction of sp³-hybridized carbons (Fsp3) is 0.188. The third-order valence-corrected chi connectivity index (χ3v) is 7.43. The van der Waals surface area contributed by atoms with Gasteiger partial charge in [0.1, 0.15) is 23.8 Å². The molecule has 0 saturated carbocycles. The van der Waals surface area contributed by atoms with Crippen LogP contribution < -0.4 is 21.7 Å². The molecule has 0 aliphatic heterocycles. The number of imidazole rings is 1. The number of aromatic nitrogens is 5. The standard InChI is InChI=1S/C14H14BrN3S.C9H7BrN4S.C5H5BrN2.C4H10/c15-12-6-7-13(17-10-12)18-14(19)16-9-8-11-4-2-1-3-5-11;10-7-1-2-8(12-5-7)13-9(15)14-4-3-11-6-14;6-4-1-2-5(7)8-3-4;1-3-4-2/h1-7,10H,8-9H2,(H2,16,17,18,19);1-6H,(H,12,13,15);1-3H,(H2,7,8);3-4H2,1-2H3. The number of hydrogen-bond acceptors (Lipinski definition) is 7. The first-order chi connectivity index (χ1) is 22.2. The van der Waals surface area contributed by atoms with Gasteiger partial charge in [-0.15, -0.1) is 0 Å².